The Hall–Kier alpha value is -2.73. The van der Waals surface area contributed by atoms with Crippen molar-refractivity contribution in [3.05, 3.63) is 0 Å². The maximum Gasteiger partial charge on any atom is 0.326 e. The summed E-state index contributed by atoms with van der Waals surface area (Å²) in [6.45, 7) is 3.53. The number of hydrogen-bond acceptors (Lipinski definition) is 7. The fourth-order valence-electron chi connectivity index (χ4n) is 2.55. The first-order chi connectivity index (χ1) is 14.0. The number of carboxylic acid groups (broad SMARTS) is 2. The van der Waals surface area contributed by atoms with E-state index in [9.17, 15) is 24.0 Å². The third kappa shape index (κ3) is 12.0. The summed E-state index contributed by atoms with van der Waals surface area (Å²) in [5.74, 6) is -4.56. The Labute approximate surface area is 175 Å². The third-order valence-electron chi connectivity index (χ3n) is 4.07. The average molecular weight is 431 g/mol. The van der Waals surface area contributed by atoms with E-state index in [4.69, 9.17) is 21.7 Å². The molecule has 12 heteroatoms. The molecule has 0 spiro atoms. The smallest absolute Gasteiger partial charge is 0.326 e. The Morgan fingerprint density at radius 3 is 2.07 bits per heavy atom. The molecule has 0 bridgehead atoms. The molecule has 0 rings (SSSR count). The first-order valence-corrected chi connectivity index (χ1v) is 9.75. The summed E-state index contributed by atoms with van der Waals surface area (Å²) in [5, 5.41) is 24.9. The summed E-state index contributed by atoms with van der Waals surface area (Å²) in [6.07, 6.45) is 0.939. The van der Waals surface area contributed by atoms with Crippen LogP contribution in [0.2, 0.25) is 0 Å². The van der Waals surface area contributed by atoms with Gasteiger partial charge in [-0.05, 0) is 38.1 Å². The Morgan fingerprint density at radius 2 is 1.57 bits per heavy atom. The molecule has 0 aromatic carbocycles. The van der Waals surface area contributed by atoms with E-state index in [0.717, 1.165) is 0 Å². The topological polar surface area (TPSA) is 214 Å². The lowest BCUT2D eigenvalue weighted by Gasteiger charge is -2.21. The number of rotatable bonds is 15. The van der Waals surface area contributed by atoms with Crippen molar-refractivity contribution in [2.75, 3.05) is 13.1 Å². The second-order valence-electron chi connectivity index (χ2n) is 7.36. The van der Waals surface area contributed by atoms with Crippen LogP contribution in [0, 0.1) is 5.92 Å². The van der Waals surface area contributed by atoms with Gasteiger partial charge in [-0.3, -0.25) is 19.2 Å². The van der Waals surface area contributed by atoms with E-state index in [0.29, 0.717) is 19.4 Å². The summed E-state index contributed by atoms with van der Waals surface area (Å²) in [5.41, 5.74) is 10.9. The Morgan fingerprint density at radius 1 is 0.933 bits per heavy atom. The normalized spacial score (nSPS) is 13.8. The van der Waals surface area contributed by atoms with E-state index < -0.39 is 60.8 Å². The van der Waals surface area contributed by atoms with Crippen molar-refractivity contribution in [3.63, 3.8) is 0 Å². The molecule has 30 heavy (non-hydrogen) atoms. The number of carboxylic acids is 2. The van der Waals surface area contributed by atoms with E-state index in [1.54, 1.807) is 0 Å². The van der Waals surface area contributed by atoms with Gasteiger partial charge in [-0.25, -0.2) is 4.79 Å². The monoisotopic (exact) mass is 431 g/mol. The number of hydrogen-bond donors (Lipinski definition) is 7. The second-order valence-corrected chi connectivity index (χ2v) is 7.36. The molecule has 0 aromatic rings. The second kappa shape index (κ2) is 14.3. The summed E-state index contributed by atoms with van der Waals surface area (Å²) >= 11 is 0. The van der Waals surface area contributed by atoms with Crippen molar-refractivity contribution in [2.45, 2.75) is 64.1 Å². The largest absolute Gasteiger partial charge is 0.481 e. The fourth-order valence-corrected chi connectivity index (χ4v) is 2.55. The van der Waals surface area contributed by atoms with Crippen molar-refractivity contribution in [3.8, 4) is 0 Å². The van der Waals surface area contributed by atoms with Crippen LogP contribution in [0.4, 0.5) is 0 Å². The van der Waals surface area contributed by atoms with Crippen LogP contribution in [0.15, 0.2) is 0 Å². The van der Waals surface area contributed by atoms with Crippen molar-refractivity contribution in [2.24, 2.45) is 17.4 Å². The van der Waals surface area contributed by atoms with Gasteiger partial charge in [-0.2, -0.15) is 0 Å². The van der Waals surface area contributed by atoms with Gasteiger partial charge in [0.15, 0.2) is 0 Å². The molecular weight excluding hydrogens is 398 g/mol. The highest BCUT2D eigenvalue weighted by molar-refractivity contribution is 5.93. The van der Waals surface area contributed by atoms with Crippen LogP contribution in [0.25, 0.3) is 0 Å². The SMILES string of the molecule is CC(C)CC(NC(=O)CNC(=O)C(CCCCN)NC(=O)C(N)CC(=O)O)C(=O)O. The first-order valence-electron chi connectivity index (χ1n) is 9.75. The molecule has 172 valence electrons. The summed E-state index contributed by atoms with van der Waals surface area (Å²) in [7, 11) is 0. The number of nitrogens with two attached hydrogens (primary N) is 2. The van der Waals surface area contributed by atoms with E-state index in [-0.39, 0.29) is 18.8 Å². The van der Waals surface area contributed by atoms with E-state index in [2.05, 4.69) is 16.0 Å². The molecule has 3 unspecified atom stereocenters. The lowest BCUT2D eigenvalue weighted by molar-refractivity contribution is -0.142. The maximum atomic E-state index is 12.4. The highest BCUT2D eigenvalue weighted by Gasteiger charge is 2.26. The van der Waals surface area contributed by atoms with E-state index >= 15 is 0 Å². The average Bonchev–Trinajstić information content (AvgIpc) is 2.63. The van der Waals surface area contributed by atoms with Gasteiger partial charge < -0.3 is 37.6 Å². The van der Waals surface area contributed by atoms with Crippen LogP contribution in [-0.4, -0.2) is 71.1 Å². The number of aliphatic carboxylic acids is 2. The summed E-state index contributed by atoms with van der Waals surface area (Å²) in [6, 6.07) is -3.45. The molecule has 0 heterocycles. The van der Waals surface area contributed by atoms with Crippen molar-refractivity contribution in [1.82, 2.24) is 16.0 Å². The minimum atomic E-state index is -1.33. The Balaban J connectivity index is 4.86. The van der Waals surface area contributed by atoms with Gasteiger partial charge in [0.25, 0.3) is 0 Å². The van der Waals surface area contributed by atoms with Gasteiger partial charge in [-0.15, -0.1) is 0 Å². The Bertz CT molecular complexity index is 612. The predicted molar refractivity (Wildman–Crippen MR) is 107 cm³/mol. The van der Waals surface area contributed by atoms with Crippen molar-refractivity contribution >= 4 is 29.7 Å². The number of carbonyl (C=O) groups is 5. The molecule has 0 radical (unpaired) electrons. The van der Waals surface area contributed by atoms with Gasteiger partial charge in [0.1, 0.15) is 12.1 Å². The zero-order valence-corrected chi connectivity index (χ0v) is 17.3. The van der Waals surface area contributed by atoms with Gasteiger partial charge >= 0.3 is 11.9 Å². The molecule has 0 saturated carbocycles. The third-order valence-corrected chi connectivity index (χ3v) is 4.07. The zero-order chi connectivity index (χ0) is 23.3. The highest BCUT2D eigenvalue weighted by atomic mass is 16.4. The van der Waals surface area contributed by atoms with Gasteiger partial charge in [0.05, 0.1) is 19.0 Å². The number of nitrogens with one attached hydrogen (secondary N) is 3. The van der Waals surface area contributed by atoms with E-state index in [1.807, 2.05) is 13.8 Å². The zero-order valence-electron chi connectivity index (χ0n) is 17.3. The molecule has 0 saturated heterocycles. The minimum absolute atomic E-state index is 0.0399. The quantitative estimate of drug-likeness (QED) is 0.144. The number of amides is 3. The minimum Gasteiger partial charge on any atom is -0.481 e. The fraction of sp³-hybridized carbons (Fsp3) is 0.722. The van der Waals surface area contributed by atoms with Crippen LogP contribution >= 0.6 is 0 Å². The molecule has 0 aliphatic heterocycles. The van der Waals surface area contributed by atoms with Crippen LogP contribution < -0.4 is 27.4 Å². The maximum absolute atomic E-state index is 12.4. The standard InChI is InChI=1S/C18H33N5O7/c1-10(2)7-13(18(29)30)22-14(24)9-21-17(28)12(5-3-4-6-19)23-16(27)11(20)8-15(25)26/h10-13H,3-9,19-20H2,1-2H3,(H,21,28)(H,22,24)(H,23,27)(H,25,26)(H,29,30). The lowest BCUT2D eigenvalue weighted by atomic mass is 10.0. The van der Waals surface area contributed by atoms with E-state index in [1.165, 1.54) is 0 Å². The van der Waals surface area contributed by atoms with Crippen LogP contribution in [-0.2, 0) is 24.0 Å². The number of carbonyl (C=O) groups excluding carboxylic acids is 3. The predicted octanol–water partition coefficient (Wildman–Crippen LogP) is -1.87. The van der Waals surface area contributed by atoms with Crippen LogP contribution in [0.5, 0.6) is 0 Å². The van der Waals surface area contributed by atoms with Gasteiger partial charge in [-0.1, -0.05) is 13.8 Å². The first kappa shape index (κ1) is 27.3. The molecule has 9 N–H and O–H groups in total. The van der Waals surface area contributed by atoms with Crippen molar-refractivity contribution in [1.29, 1.82) is 0 Å². The molecule has 0 aromatic heterocycles. The molecule has 12 nitrogen and oxygen atoms in total. The molecule has 0 fully saturated rings. The Kier molecular flexibility index (Phi) is 13.0. The number of unbranched alkanes of at least 4 members (excludes halogenated alkanes) is 1. The van der Waals surface area contributed by atoms with Crippen molar-refractivity contribution < 1.29 is 34.2 Å². The molecular formula is C18H33N5O7. The lowest BCUT2D eigenvalue weighted by Crippen LogP contribution is -2.53. The van der Waals surface area contributed by atoms with Crippen LogP contribution in [0.1, 0.15) is 46.0 Å². The molecule has 0 aliphatic rings. The van der Waals surface area contributed by atoms with Crippen LogP contribution in [0.3, 0.4) is 0 Å². The highest BCUT2D eigenvalue weighted by Crippen LogP contribution is 2.05. The van der Waals surface area contributed by atoms with Gasteiger partial charge in [0.2, 0.25) is 17.7 Å². The molecule has 0 aliphatic carbocycles. The van der Waals surface area contributed by atoms with Gasteiger partial charge in [0, 0.05) is 0 Å². The molecule has 3 atom stereocenters. The summed E-state index contributed by atoms with van der Waals surface area (Å²) < 4.78 is 0. The summed E-state index contributed by atoms with van der Waals surface area (Å²) in [4.78, 5) is 58.3. The molecule has 3 amide bonds.